The minimum Gasteiger partial charge on any atom is -0.342 e. The first kappa shape index (κ1) is 15.8. The number of carbonyl (C=O) groups is 1. The summed E-state index contributed by atoms with van der Waals surface area (Å²) in [5.41, 5.74) is 0. The maximum absolute atomic E-state index is 12.4. The molecule has 20 heavy (non-hydrogen) atoms. The minimum atomic E-state index is -3.13. The van der Waals surface area contributed by atoms with Crippen molar-refractivity contribution in [2.24, 2.45) is 5.92 Å². The Morgan fingerprint density at radius 1 is 1.10 bits per heavy atom. The zero-order chi connectivity index (χ0) is 14.6. The molecule has 1 aliphatic heterocycles. The first-order valence-electron chi connectivity index (χ1n) is 7.80. The highest BCUT2D eigenvalue weighted by atomic mass is 32.2. The minimum absolute atomic E-state index is 0.00430. The third-order valence-electron chi connectivity index (χ3n) is 4.49. The van der Waals surface area contributed by atoms with Crippen molar-refractivity contribution in [1.82, 2.24) is 9.62 Å². The molecule has 2 fully saturated rings. The third kappa shape index (κ3) is 4.19. The van der Waals surface area contributed by atoms with E-state index in [0.717, 1.165) is 25.7 Å². The molecule has 1 saturated heterocycles. The van der Waals surface area contributed by atoms with Gasteiger partial charge in [-0.25, -0.2) is 13.1 Å². The topological polar surface area (TPSA) is 66.5 Å². The Hall–Kier alpha value is -0.620. The number of hydrogen-bond acceptors (Lipinski definition) is 3. The third-order valence-corrected chi connectivity index (χ3v) is 5.94. The Bertz CT molecular complexity index is 422. The van der Waals surface area contributed by atoms with Crippen LogP contribution in [0.25, 0.3) is 0 Å². The highest BCUT2D eigenvalue weighted by molar-refractivity contribution is 7.89. The second-order valence-corrected chi connectivity index (χ2v) is 8.00. The molecular formula is C14H26N2O3S. The number of sulfonamides is 1. The molecule has 0 aromatic rings. The molecule has 1 amide bonds. The molecule has 0 bridgehead atoms. The Morgan fingerprint density at radius 3 is 2.25 bits per heavy atom. The van der Waals surface area contributed by atoms with E-state index in [-0.39, 0.29) is 17.7 Å². The van der Waals surface area contributed by atoms with E-state index < -0.39 is 10.0 Å². The number of amides is 1. The van der Waals surface area contributed by atoms with Crippen molar-refractivity contribution in [1.29, 1.82) is 0 Å². The molecule has 1 aliphatic carbocycles. The van der Waals surface area contributed by atoms with Gasteiger partial charge in [-0.15, -0.1) is 0 Å². The van der Waals surface area contributed by atoms with Crippen LogP contribution < -0.4 is 4.72 Å². The normalized spacial score (nSPS) is 22.9. The van der Waals surface area contributed by atoms with Gasteiger partial charge >= 0.3 is 0 Å². The van der Waals surface area contributed by atoms with Crippen LogP contribution in [-0.2, 0) is 14.8 Å². The summed E-state index contributed by atoms with van der Waals surface area (Å²) >= 11 is 0. The van der Waals surface area contributed by atoms with Crippen LogP contribution in [0.15, 0.2) is 0 Å². The lowest BCUT2D eigenvalue weighted by molar-refractivity contribution is -0.137. The molecule has 116 valence electrons. The van der Waals surface area contributed by atoms with Gasteiger partial charge < -0.3 is 4.90 Å². The van der Waals surface area contributed by atoms with Crippen LogP contribution >= 0.6 is 0 Å². The Balaban J connectivity index is 1.80. The second-order valence-electron chi connectivity index (χ2n) is 5.96. The summed E-state index contributed by atoms with van der Waals surface area (Å²) < 4.78 is 25.8. The largest absolute Gasteiger partial charge is 0.342 e. The Labute approximate surface area is 122 Å². The summed E-state index contributed by atoms with van der Waals surface area (Å²) in [6, 6.07) is -0.00430. The summed E-state index contributed by atoms with van der Waals surface area (Å²) in [6.45, 7) is 3.02. The van der Waals surface area contributed by atoms with Gasteiger partial charge in [0.05, 0.1) is 5.75 Å². The van der Waals surface area contributed by atoms with Crippen LogP contribution in [0.1, 0.15) is 51.9 Å². The lowest BCUT2D eigenvalue weighted by Crippen LogP contribution is -2.48. The molecule has 1 heterocycles. The number of hydrogen-bond donors (Lipinski definition) is 1. The summed E-state index contributed by atoms with van der Waals surface area (Å²) in [6.07, 6.45) is 7.12. The van der Waals surface area contributed by atoms with Crippen LogP contribution in [0.4, 0.5) is 0 Å². The number of piperidine rings is 1. The van der Waals surface area contributed by atoms with E-state index in [1.807, 2.05) is 4.90 Å². The van der Waals surface area contributed by atoms with Crippen LogP contribution in [0.5, 0.6) is 0 Å². The monoisotopic (exact) mass is 302 g/mol. The van der Waals surface area contributed by atoms with E-state index in [4.69, 9.17) is 0 Å². The van der Waals surface area contributed by atoms with Crippen molar-refractivity contribution in [3.05, 3.63) is 0 Å². The van der Waals surface area contributed by atoms with Gasteiger partial charge in [0, 0.05) is 25.0 Å². The fraction of sp³-hybridized carbons (Fsp3) is 0.929. The molecule has 0 spiro atoms. The average Bonchev–Trinajstić information content (AvgIpc) is 2.48. The summed E-state index contributed by atoms with van der Waals surface area (Å²) in [5.74, 6) is 0.628. The van der Waals surface area contributed by atoms with Gasteiger partial charge in [0.2, 0.25) is 15.9 Å². The summed E-state index contributed by atoms with van der Waals surface area (Å²) in [4.78, 5) is 14.3. The van der Waals surface area contributed by atoms with Crippen molar-refractivity contribution in [2.45, 2.75) is 57.9 Å². The summed E-state index contributed by atoms with van der Waals surface area (Å²) in [7, 11) is -3.13. The number of carbonyl (C=O) groups excluding carboxylic acids is 1. The zero-order valence-corrected chi connectivity index (χ0v) is 13.1. The highest BCUT2D eigenvalue weighted by Crippen LogP contribution is 2.26. The first-order valence-corrected chi connectivity index (χ1v) is 9.46. The Morgan fingerprint density at radius 2 is 1.70 bits per heavy atom. The average molecular weight is 302 g/mol. The molecule has 2 aliphatic rings. The maximum atomic E-state index is 12.4. The van der Waals surface area contributed by atoms with Crippen LogP contribution in [0.2, 0.25) is 0 Å². The van der Waals surface area contributed by atoms with Crippen molar-refractivity contribution in [2.75, 3.05) is 18.8 Å². The van der Waals surface area contributed by atoms with Gasteiger partial charge in [-0.2, -0.15) is 0 Å². The standard InChI is InChI=1S/C14H26N2O3S/c1-2-20(18,19)15-13-8-10-16(11-9-13)14(17)12-6-4-3-5-7-12/h12-13,15H,2-11H2,1H3. The van der Waals surface area contributed by atoms with Gasteiger partial charge in [0.1, 0.15) is 0 Å². The van der Waals surface area contributed by atoms with Crippen LogP contribution in [-0.4, -0.2) is 44.1 Å². The molecule has 0 aromatic carbocycles. The van der Waals surface area contributed by atoms with Gasteiger partial charge in [-0.1, -0.05) is 19.3 Å². The number of likely N-dealkylation sites (tertiary alicyclic amines) is 1. The van der Waals surface area contributed by atoms with Crippen molar-refractivity contribution >= 4 is 15.9 Å². The molecular weight excluding hydrogens is 276 g/mol. The summed E-state index contributed by atoms with van der Waals surface area (Å²) in [5, 5.41) is 0. The van der Waals surface area contributed by atoms with E-state index in [9.17, 15) is 13.2 Å². The van der Waals surface area contributed by atoms with E-state index in [0.29, 0.717) is 19.0 Å². The quantitative estimate of drug-likeness (QED) is 0.856. The highest BCUT2D eigenvalue weighted by Gasteiger charge is 2.30. The number of rotatable bonds is 4. The molecule has 0 atom stereocenters. The number of nitrogens with one attached hydrogen (secondary N) is 1. The van der Waals surface area contributed by atoms with Gasteiger partial charge in [-0.3, -0.25) is 4.79 Å². The van der Waals surface area contributed by atoms with E-state index in [1.54, 1.807) is 6.92 Å². The smallest absolute Gasteiger partial charge is 0.225 e. The van der Waals surface area contributed by atoms with Gasteiger partial charge in [-0.05, 0) is 32.6 Å². The van der Waals surface area contributed by atoms with Crippen molar-refractivity contribution in [3.63, 3.8) is 0 Å². The fourth-order valence-electron chi connectivity index (χ4n) is 3.16. The predicted octanol–water partition coefficient (Wildman–Crippen LogP) is 1.50. The Kier molecular flexibility index (Phi) is 5.43. The van der Waals surface area contributed by atoms with Gasteiger partial charge in [0.25, 0.3) is 0 Å². The first-order chi connectivity index (χ1) is 9.52. The van der Waals surface area contributed by atoms with E-state index >= 15 is 0 Å². The lowest BCUT2D eigenvalue weighted by Gasteiger charge is -2.35. The predicted molar refractivity (Wildman–Crippen MR) is 78.8 cm³/mol. The molecule has 2 rings (SSSR count). The van der Waals surface area contributed by atoms with Crippen LogP contribution in [0, 0.1) is 5.92 Å². The van der Waals surface area contributed by atoms with Crippen molar-refractivity contribution < 1.29 is 13.2 Å². The van der Waals surface area contributed by atoms with Gasteiger partial charge in [0.15, 0.2) is 0 Å². The van der Waals surface area contributed by atoms with E-state index in [1.165, 1.54) is 19.3 Å². The SMILES string of the molecule is CCS(=O)(=O)NC1CCN(C(=O)C2CCCCC2)CC1. The second kappa shape index (κ2) is 6.89. The molecule has 0 unspecified atom stereocenters. The molecule has 0 radical (unpaired) electrons. The number of nitrogens with zero attached hydrogens (tertiary/aromatic N) is 1. The van der Waals surface area contributed by atoms with Crippen molar-refractivity contribution in [3.8, 4) is 0 Å². The molecule has 1 saturated carbocycles. The molecule has 6 heteroatoms. The maximum Gasteiger partial charge on any atom is 0.225 e. The van der Waals surface area contributed by atoms with Crippen LogP contribution in [0.3, 0.4) is 0 Å². The fourth-order valence-corrected chi connectivity index (χ4v) is 4.07. The zero-order valence-electron chi connectivity index (χ0n) is 12.3. The van der Waals surface area contributed by atoms with E-state index in [2.05, 4.69) is 4.72 Å². The lowest BCUT2D eigenvalue weighted by atomic mass is 9.87. The molecule has 0 aromatic heterocycles. The molecule has 5 nitrogen and oxygen atoms in total. The molecule has 1 N–H and O–H groups in total.